The summed E-state index contributed by atoms with van der Waals surface area (Å²) in [7, 11) is 1.27. The van der Waals surface area contributed by atoms with Crippen molar-refractivity contribution in [1.82, 2.24) is 0 Å². The zero-order chi connectivity index (χ0) is 11.5. The van der Waals surface area contributed by atoms with Crippen LogP contribution < -0.4 is 0 Å². The summed E-state index contributed by atoms with van der Waals surface area (Å²) >= 11 is 0. The van der Waals surface area contributed by atoms with Gasteiger partial charge in [-0.3, -0.25) is 9.59 Å². The first-order valence-electron chi connectivity index (χ1n) is 5.03. The Kier molecular flexibility index (Phi) is 2.90. The van der Waals surface area contributed by atoms with Crippen LogP contribution in [0.4, 0.5) is 0 Å². The van der Waals surface area contributed by atoms with Crippen LogP contribution in [0.3, 0.4) is 0 Å². The van der Waals surface area contributed by atoms with Gasteiger partial charge in [-0.2, -0.15) is 0 Å². The highest BCUT2D eigenvalue weighted by molar-refractivity contribution is 5.97. The third kappa shape index (κ3) is 1.78. The molecule has 0 aromatic heterocycles. The van der Waals surface area contributed by atoms with E-state index in [1.807, 2.05) is 30.3 Å². The molecule has 0 unspecified atom stereocenters. The fourth-order valence-electron chi connectivity index (χ4n) is 1.90. The SMILES string of the molecule is COC(=O)[C@@H]1C(=O)OC[C@H]1c1ccccc1. The molecule has 2 rings (SSSR count). The van der Waals surface area contributed by atoms with Crippen LogP contribution in [0.15, 0.2) is 30.3 Å². The molecule has 1 fully saturated rings. The number of cyclic esters (lactones) is 1. The molecule has 0 saturated carbocycles. The second-order valence-corrected chi connectivity index (χ2v) is 3.65. The second-order valence-electron chi connectivity index (χ2n) is 3.65. The number of ether oxygens (including phenoxy) is 2. The summed E-state index contributed by atoms with van der Waals surface area (Å²) in [6.07, 6.45) is 0. The molecule has 0 aliphatic carbocycles. The molecule has 0 N–H and O–H groups in total. The molecule has 1 aromatic carbocycles. The van der Waals surface area contributed by atoms with Crippen molar-refractivity contribution in [2.24, 2.45) is 5.92 Å². The Bertz CT molecular complexity index is 399. The highest BCUT2D eigenvalue weighted by atomic mass is 16.6. The summed E-state index contributed by atoms with van der Waals surface area (Å²) in [6.45, 7) is 0.239. The van der Waals surface area contributed by atoms with E-state index in [1.54, 1.807) is 0 Å². The quantitative estimate of drug-likeness (QED) is 0.553. The molecule has 0 amide bonds. The summed E-state index contributed by atoms with van der Waals surface area (Å²) < 4.78 is 9.53. The maximum absolute atomic E-state index is 11.5. The first kappa shape index (κ1) is 10.7. The lowest BCUT2D eigenvalue weighted by Crippen LogP contribution is -2.25. The van der Waals surface area contributed by atoms with E-state index in [1.165, 1.54) is 7.11 Å². The molecule has 84 valence electrons. The van der Waals surface area contributed by atoms with Gasteiger partial charge in [-0.05, 0) is 5.56 Å². The summed E-state index contributed by atoms with van der Waals surface area (Å²) in [4.78, 5) is 22.9. The third-order valence-corrected chi connectivity index (χ3v) is 2.74. The molecule has 0 radical (unpaired) electrons. The van der Waals surface area contributed by atoms with Gasteiger partial charge in [0, 0.05) is 5.92 Å². The molecule has 16 heavy (non-hydrogen) atoms. The van der Waals surface area contributed by atoms with Gasteiger partial charge in [0.15, 0.2) is 5.92 Å². The number of hydrogen-bond donors (Lipinski definition) is 0. The molecule has 0 spiro atoms. The smallest absolute Gasteiger partial charge is 0.321 e. The van der Waals surface area contributed by atoms with Crippen molar-refractivity contribution in [3.05, 3.63) is 35.9 Å². The van der Waals surface area contributed by atoms with E-state index in [0.717, 1.165) is 5.56 Å². The molecular formula is C12H12O4. The Morgan fingerprint density at radius 1 is 1.38 bits per heavy atom. The summed E-state index contributed by atoms with van der Waals surface area (Å²) in [5.41, 5.74) is 0.920. The van der Waals surface area contributed by atoms with Gasteiger partial charge >= 0.3 is 11.9 Å². The van der Waals surface area contributed by atoms with Crippen molar-refractivity contribution in [2.45, 2.75) is 5.92 Å². The van der Waals surface area contributed by atoms with Crippen LogP contribution in [0, 0.1) is 5.92 Å². The summed E-state index contributed by atoms with van der Waals surface area (Å²) in [5.74, 6) is -2.09. The first-order chi connectivity index (χ1) is 7.74. The number of methoxy groups -OCH3 is 1. The largest absolute Gasteiger partial charge is 0.468 e. The van der Waals surface area contributed by atoms with Crippen LogP contribution in [0.2, 0.25) is 0 Å². The molecule has 1 aliphatic heterocycles. The molecule has 1 heterocycles. The van der Waals surface area contributed by atoms with Crippen molar-refractivity contribution in [1.29, 1.82) is 0 Å². The van der Waals surface area contributed by atoms with Crippen molar-refractivity contribution >= 4 is 11.9 Å². The molecule has 4 heteroatoms. The zero-order valence-electron chi connectivity index (χ0n) is 8.88. The molecule has 2 atom stereocenters. The van der Waals surface area contributed by atoms with Crippen LogP contribution in [-0.2, 0) is 19.1 Å². The topological polar surface area (TPSA) is 52.6 Å². The predicted octanol–water partition coefficient (Wildman–Crippen LogP) is 1.12. The number of carbonyl (C=O) groups excluding carboxylic acids is 2. The van der Waals surface area contributed by atoms with Crippen LogP contribution in [0.5, 0.6) is 0 Å². The summed E-state index contributed by atoms with van der Waals surface area (Å²) in [6, 6.07) is 9.37. The van der Waals surface area contributed by atoms with Crippen LogP contribution >= 0.6 is 0 Å². The standard InChI is InChI=1S/C12H12O4/c1-15-11(13)10-9(7-16-12(10)14)8-5-3-2-4-6-8/h2-6,9-10H,7H2,1H3/t9-,10+/m0/s1. The molecule has 1 aromatic rings. The van der Waals surface area contributed by atoms with E-state index in [2.05, 4.69) is 4.74 Å². The van der Waals surface area contributed by atoms with E-state index in [-0.39, 0.29) is 12.5 Å². The van der Waals surface area contributed by atoms with E-state index < -0.39 is 17.9 Å². The molecule has 4 nitrogen and oxygen atoms in total. The van der Waals surface area contributed by atoms with Gasteiger partial charge in [0.05, 0.1) is 13.7 Å². The monoisotopic (exact) mass is 220 g/mol. The van der Waals surface area contributed by atoms with Gasteiger partial charge in [-0.25, -0.2) is 0 Å². The Morgan fingerprint density at radius 3 is 2.69 bits per heavy atom. The number of hydrogen-bond acceptors (Lipinski definition) is 4. The minimum atomic E-state index is -0.826. The first-order valence-corrected chi connectivity index (χ1v) is 5.03. The Labute approximate surface area is 93.2 Å². The van der Waals surface area contributed by atoms with Crippen LogP contribution in [-0.4, -0.2) is 25.7 Å². The maximum Gasteiger partial charge on any atom is 0.321 e. The van der Waals surface area contributed by atoms with Gasteiger partial charge in [-0.15, -0.1) is 0 Å². The third-order valence-electron chi connectivity index (χ3n) is 2.74. The van der Waals surface area contributed by atoms with Crippen molar-refractivity contribution in [3.8, 4) is 0 Å². The van der Waals surface area contributed by atoms with Crippen molar-refractivity contribution in [2.75, 3.05) is 13.7 Å². The highest BCUT2D eigenvalue weighted by Crippen LogP contribution is 2.32. The molecule has 1 saturated heterocycles. The lowest BCUT2D eigenvalue weighted by Gasteiger charge is -2.12. The Balaban J connectivity index is 2.28. The molecule has 0 bridgehead atoms. The predicted molar refractivity (Wildman–Crippen MR) is 55.6 cm³/mol. The summed E-state index contributed by atoms with van der Waals surface area (Å²) in [5, 5.41) is 0. The van der Waals surface area contributed by atoms with Gasteiger partial charge in [0.25, 0.3) is 0 Å². The number of rotatable bonds is 2. The van der Waals surface area contributed by atoms with Gasteiger partial charge in [-0.1, -0.05) is 30.3 Å². The number of esters is 2. The lowest BCUT2D eigenvalue weighted by atomic mass is 9.89. The Morgan fingerprint density at radius 2 is 2.06 bits per heavy atom. The lowest BCUT2D eigenvalue weighted by molar-refractivity contribution is -0.154. The van der Waals surface area contributed by atoms with Gasteiger partial charge < -0.3 is 9.47 Å². The van der Waals surface area contributed by atoms with E-state index in [0.29, 0.717) is 0 Å². The van der Waals surface area contributed by atoms with Gasteiger partial charge in [0.1, 0.15) is 0 Å². The highest BCUT2D eigenvalue weighted by Gasteiger charge is 2.43. The Hall–Kier alpha value is -1.84. The van der Waals surface area contributed by atoms with E-state index in [4.69, 9.17) is 4.74 Å². The van der Waals surface area contributed by atoms with Crippen LogP contribution in [0.1, 0.15) is 11.5 Å². The minimum Gasteiger partial charge on any atom is -0.468 e. The fourth-order valence-corrected chi connectivity index (χ4v) is 1.90. The second kappa shape index (κ2) is 4.35. The molecule has 1 aliphatic rings. The number of carbonyl (C=O) groups is 2. The average Bonchev–Trinajstić information content (AvgIpc) is 2.71. The van der Waals surface area contributed by atoms with E-state index in [9.17, 15) is 9.59 Å². The van der Waals surface area contributed by atoms with Gasteiger partial charge in [0.2, 0.25) is 0 Å². The van der Waals surface area contributed by atoms with E-state index >= 15 is 0 Å². The molecular weight excluding hydrogens is 208 g/mol. The number of benzene rings is 1. The van der Waals surface area contributed by atoms with Crippen molar-refractivity contribution < 1.29 is 19.1 Å². The average molecular weight is 220 g/mol. The zero-order valence-corrected chi connectivity index (χ0v) is 8.88. The normalized spacial score (nSPS) is 23.9. The fraction of sp³-hybridized carbons (Fsp3) is 0.333. The maximum atomic E-state index is 11.5. The van der Waals surface area contributed by atoms with Crippen molar-refractivity contribution in [3.63, 3.8) is 0 Å². The van der Waals surface area contributed by atoms with Crippen LogP contribution in [0.25, 0.3) is 0 Å². The minimum absolute atomic E-state index is 0.235.